The Morgan fingerprint density at radius 1 is 1.31 bits per heavy atom. The normalized spacial score (nSPS) is 23.6. The number of halogens is 2. The lowest BCUT2D eigenvalue weighted by Gasteiger charge is -2.10. The predicted molar refractivity (Wildman–Crippen MR) is 101 cm³/mol. The molecule has 0 bridgehead atoms. The van der Waals surface area contributed by atoms with Crippen molar-refractivity contribution in [2.75, 3.05) is 5.73 Å². The van der Waals surface area contributed by atoms with Gasteiger partial charge in [-0.1, -0.05) is 26.7 Å². The number of nitrogen functional groups attached to an aromatic ring is 1. The molecule has 1 saturated carbocycles. The summed E-state index contributed by atoms with van der Waals surface area (Å²) >= 11 is 0. The third-order valence-electron chi connectivity index (χ3n) is 4.76. The van der Waals surface area contributed by atoms with E-state index in [1.807, 2.05) is 19.9 Å². The van der Waals surface area contributed by atoms with Crippen LogP contribution in [0.15, 0.2) is 23.3 Å². The molecular formula is C19H28F2N4O. The van der Waals surface area contributed by atoms with Gasteiger partial charge >= 0.3 is 6.61 Å². The van der Waals surface area contributed by atoms with Gasteiger partial charge in [0.2, 0.25) is 0 Å². The van der Waals surface area contributed by atoms with Crippen LogP contribution in [0.1, 0.15) is 46.1 Å². The van der Waals surface area contributed by atoms with Gasteiger partial charge in [0.1, 0.15) is 0 Å². The molecule has 144 valence electrons. The Balaban J connectivity index is 2.33. The zero-order valence-electron chi connectivity index (χ0n) is 15.7. The van der Waals surface area contributed by atoms with Crippen molar-refractivity contribution in [3.05, 3.63) is 23.9 Å². The molecule has 5 nitrogen and oxygen atoms in total. The smallest absolute Gasteiger partial charge is 0.387 e. The standard InChI is InChI=1S/C19H28F2N4O/c1-5-12-13(6-2)17(12)15(25-10(3)4)8-14(22)11-7-16(26-19(20)21)18(23)24-9-11/h7-10,12-13,17,19H,5-6,22H2,1-4H3,(H2,23,24)/t12-,13+,17?. The van der Waals surface area contributed by atoms with Crippen LogP contribution in [0.3, 0.4) is 0 Å². The van der Waals surface area contributed by atoms with E-state index < -0.39 is 6.61 Å². The molecule has 1 fully saturated rings. The van der Waals surface area contributed by atoms with Crippen LogP contribution in [0.5, 0.6) is 5.75 Å². The van der Waals surface area contributed by atoms with Crippen LogP contribution < -0.4 is 16.2 Å². The van der Waals surface area contributed by atoms with Gasteiger partial charge in [0.25, 0.3) is 0 Å². The van der Waals surface area contributed by atoms with Gasteiger partial charge in [-0.2, -0.15) is 8.78 Å². The first kappa shape index (κ1) is 20.1. The molecule has 1 aliphatic rings. The fraction of sp³-hybridized carbons (Fsp3) is 0.579. The molecule has 0 saturated heterocycles. The van der Waals surface area contributed by atoms with Crippen molar-refractivity contribution < 1.29 is 13.5 Å². The largest absolute Gasteiger partial charge is 0.431 e. The van der Waals surface area contributed by atoms with Crippen LogP contribution in [0, 0.1) is 17.8 Å². The Hall–Kier alpha value is -2.18. The highest BCUT2D eigenvalue weighted by molar-refractivity contribution is 6.04. The number of nitrogens with zero attached hydrogens (tertiary/aromatic N) is 2. The molecular weight excluding hydrogens is 338 g/mol. The lowest BCUT2D eigenvalue weighted by atomic mass is 10.1. The van der Waals surface area contributed by atoms with Gasteiger partial charge in [0, 0.05) is 35.1 Å². The highest BCUT2D eigenvalue weighted by Crippen LogP contribution is 2.52. The number of pyridine rings is 1. The summed E-state index contributed by atoms with van der Waals surface area (Å²) in [5.74, 6) is 1.34. The molecule has 4 N–H and O–H groups in total. The highest BCUT2D eigenvalue weighted by atomic mass is 19.3. The first-order chi connectivity index (χ1) is 12.3. The van der Waals surface area contributed by atoms with E-state index in [0.29, 0.717) is 29.0 Å². The Kier molecular flexibility index (Phi) is 6.56. The van der Waals surface area contributed by atoms with Gasteiger partial charge in [-0.25, -0.2) is 4.98 Å². The second-order valence-corrected chi connectivity index (χ2v) is 6.90. The number of ether oxygens (including phenoxy) is 1. The molecule has 0 aromatic carbocycles. The lowest BCUT2D eigenvalue weighted by molar-refractivity contribution is -0.0495. The molecule has 1 aromatic rings. The van der Waals surface area contributed by atoms with E-state index in [0.717, 1.165) is 18.6 Å². The van der Waals surface area contributed by atoms with E-state index in [-0.39, 0.29) is 17.6 Å². The molecule has 7 heteroatoms. The van der Waals surface area contributed by atoms with Gasteiger partial charge in [0.05, 0.1) is 0 Å². The molecule has 0 spiro atoms. The number of hydrogen-bond donors (Lipinski definition) is 2. The molecule has 1 heterocycles. The molecule has 0 radical (unpaired) electrons. The Bertz CT molecular complexity index is 678. The maximum atomic E-state index is 12.5. The summed E-state index contributed by atoms with van der Waals surface area (Å²) in [6.45, 7) is 5.44. The second kappa shape index (κ2) is 8.47. The van der Waals surface area contributed by atoms with Crippen LogP contribution in [0.4, 0.5) is 14.6 Å². The van der Waals surface area contributed by atoms with Crippen LogP contribution in [0.2, 0.25) is 0 Å². The number of allylic oxidation sites excluding steroid dienone is 1. The maximum Gasteiger partial charge on any atom is 0.387 e. The Labute approximate surface area is 153 Å². The average Bonchev–Trinajstić information content (AvgIpc) is 3.28. The second-order valence-electron chi connectivity index (χ2n) is 6.90. The van der Waals surface area contributed by atoms with Gasteiger partial charge in [-0.15, -0.1) is 0 Å². The van der Waals surface area contributed by atoms with Crippen LogP contribution in [-0.4, -0.2) is 23.3 Å². The van der Waals surface area contributed by atoms with Crippen molar-refractivity contribution in [1.29, 1.82) is 0 Å². The summed E-state index contributed by atoms with van der Waals surface area (Å²) in [5, 5.41) is 0. The number of alkyl halides is 2. The minimum absolute atomic E-state index is 0.0998. The summed E-state index contributed by atoms with van der Waals surface area (Å²) in [4.78, 5) is 8.66. The van der Waals surface area contributed by atoms with Crippen molar-refractivity contribution in [3.63, 3.8) is 0 Å². The Morgan fingerprint density at radius 3 is 2.42 bits per heavy atom. The van der Waals surface area contributed by atoms with Gasteiger partial charge in [0.15, 0.2) is 11.6 Å². The molecule has 1 unspecified atom stereocenters. The fourth-order valence-corrected chi connectivity index (χ4v) is 3.56. The first-order valence-corrected chi connectivity index (χ1v) is 9.03. The van der Waals surface area contributed by atoms with Gasteiger partial charge < -0.3 is 16.2 Å². The van der Waals surface area contributed by atoms with Gasteiger partial charge in [-0.05, 0) is 37.8 Å². The lowest BCUT2D eigenvalue weighted by Crippen LogP contribution is -2.10. The maximum absolute atomic E-state index is 12.5. The van der Waals surface area contributed by atoms with Crippen LogP contribution in [0.25, 0.3) is 5.70 Å². The number of rotatable bonds is 8. The van der Waals surface area contributed by atoms with Crippen LogP contribution >= 0.6 is 0 Å². The number of hydrogen-bond acceptors (Lipinski definition) is 5. The molecule has 0 aliphatic heterocycles. The third kappa shape index (κ3) is 4.71. The molecule has 26 heavy (non-hydrogen) atoms. The summed E-state index contributed by atoms with van der Waals surface area (Å²) < 4.78 is 29.4. The number of aromatic nitrogens is 1. The fourth-order valence-electron chi connectivity index (χ4n) is 3.56. The minimum atomic E-state index is -2.97. The van der Waals surface area contributed by atoms with E-state index in [9.17, 15) is 8.78 Å². The zero-order valence-corrected chi connectivity index (χ0v) is 15.7. The van der Waals surface area contributed by atoms with E-state index in [4.69, 9.17) is 16.5 Å². The van der Waals surface area contributed by atoms with E-state index in [1.54, 1.807) is 0 Å². The summed E-state index contributed by atoms with van der Waals surface area (Å²) in [6.07, 6.45) is 5.49. The quantitative estimate of drug-likeness (QED) is 0.678. The summed E-state index contributed by atoms with van der Waals surface area (Å²) in [6, 6.07) is 1.53. The summed E-state index contributed by atoms with van der Waals surface area (Å²) in [7, 11) is 0. The molecule has 1 aromatic heterocycles. The van der Waals surface area contributed by atoms with Crippen molar-refractivity contribution in [2.45, 2.75) is 53.2 Å². The topological polar surface area (TPSA) is 86.5 Å². The minimum Gasteiger partial charge on any atom is -0.431 e. The SMILES string of the molecule is CC[C@@H]1C(C(C=C(N)c2cnc(N)c(OC(F)F)c2)=NC(C)C)[C@@H]1CC. The summed E-state index contributed by atoms with van der Waals surface area (Å²) in [5.41, 5.74) is 13.7. The zero-order chi connectivity index (χ0) is 19.4. The first-order valence-electron chi connectivity index (χ1n) is 9.03. The van der Waals surface area contributed by atoms with Crippen molar-refractivity contribution in [1.82, 2.24) is 4.98 Å². The molecule has 0 amide bonds. The van der Waals surface area contributed by atoms with Crippen molar-refractivity contribution >= 4 is 17.2 Å². The van der Waals surface area contributed by atoms with Crippen LogP contribution in [-0.2, 0) is 0 Å². The van der Waals surface area contributed by atoms with E-state index >= 15 is 0 Å². The van der Waals surface area contributed by atoms with Crippen molar-refractivity contribution in [2.24, 2.45) is 28.5 Å². The van der Waals surface area contributed by atoms with E-state index in [2.05, 4.69) is 23.6 Å². The predicted octanol–water partition coefficient (Wildman–Crippen LogP) is 4.10. The Morgan fingerprint density at radius 2 is 1.92 bits per heavy atom. The molecule has 2 rings (SSSR count). The van der Waals surface area contributed by atoms with Gasteiger partial charge in [-0.3, -0.25) is 4.99 Å². The third-order valence-corrected chi connectivity index (χ3v) is 4.76. The highest BCUT2D eigenvalue weighted by Gasteiger charge is 2.49. The number of nitrogens with two attached hydrogens (primary N) is 2. The molecule has 1 aliphatic carbocycles. The number of anilines is 1. The average molecular weight is 366 g/mol. The molecule has 3 atom stereocenters. The monoisotopic (exact) mass is 366 g/mol. The van der Waals surface area contributed by atoms with Crippen molar-refractivity contribution in [3.8, 4) is 5.75 Å². The van der Waals surface area contributed by atoms with E-state index in [1.165, 1.54) is 12.3 Å². The number of aliphatic imine (C=N–C) groups is 1.